The lowest BCUT2D eigenvalue weighted by Crippen LogP contribution is -2.60. The second-order valence-electron chi connectivity index (χ2n) is 7.72. The smallest absolute Gasteiger partial charge is 0.246 e. The Morgan fingerprint density at radius 3 is 2.88 bits per heavy atom. The van der Waals surface area contributed by atoms with Crippen LogP contribution in [-0.4, -0.2) is 57.1 Å². The van der Waals surface area contributed by atoms with E-state index in [1.54, 1.807) is 17.1 Å². The Balaban J connectivity index is 1.50. The third-order valence-electron chi connectivity index (χ3n) is 5.78. The average molecular weight is 470 g/mol. The van der Waals surface area contributed by atoms with Gasteiger partial charge in [0.15, 0.2) is 0 Å². The number of carbonyl (C=O) groups excluding carboxylic acids is 2. The van der Waals surface area contributed by atoms with Crippen LogP contribution in [0.4, 0.5) is 5.82 Å². The lowest BCUT2D eigenvalue weighted by molar-refractivity contribution is -0.135. The molecule has 1 unspecified atom stereocenters. The first-order chi connectivity index (χ1) is 15.5. The molecule has 9 heteroatoms. The van der Waals surface area contributed by atoms with Gasteiger partial charge in [0.1, 0.15) is 18.4 Å². The summed E-state index contributed by atoms with van der Waals surface area (Å²) in [6, 6.07) is 7.12. The Hall–Kier alpha value is -2.81. The molecule has 1 amide bonds. The summed E-state index contributed by atoms with van der Waals surface area (Å²) in [5, 5.41) is 3.30. The van der Waals surface area contributed by atoms with E-state index in [0.29, 0.717) is 36.9 Å². The molecule has 0 radical (unpaired) electrons. The van der Waals surface area contributed by atoms with Crippen molar-refractivity contribution in [3.8, 4) is 0 Å². The number of halogens is 1. The van der Waals surface area contributed by atoms with Gasteiger partial charge >= 0.3 is 0 Å². The van der Waals surface area contributed by atoms with Crippen LogP contribution in [0.5, 0.6) is 0 Å². The molecule has 0 saturated carbocycles. The fourth-order valence-electron chi connectivity index (χ4n) is 4.20. The van der Waals surface area contributed by atoms with Crippen LogP contribution in [0.15, 0.2) is 42.0 Å². The molecular formula is C23H24ClN5O2S. The van der Waals surface area contributed by atoms with Gasteiger partial charge in [-0.3, -0.25) is 9.69 Å². The molecule has 3 aromatic rings. The predicted octanol–water partition coefficient (Wildman–Crippen LogP) is 3.63. The molecule has 2 atom stereocenters. The van der Waals surface area contributed by atoms with Crippen LogP contribution in [0, 0.1) is 0 Å². The second-order valence-corrected chi connectivity index (χ2v) is 9.09. The SMILES string of the molecule is CC[C@H]1C(C=O)N(Cc2ccc3c(N)ncnc3c2)CCN1C(=O)C=Cc1cc(Cl)cs1. The van der Waals surface area contributed by atoms with E-state index in [1.807, 2.05) is 36.6 Å². The lowest BCUT2D eigenvalue weighted by atomic mass is 9.98. The van der Waals surface area contributed by atoms with Gasteiger partial charge in [-0.1, -0.05) is 24.6 Å². The van der Waals surface area contributed by atoms with Gasteiger partial charge in [-0.05, 0) is 36.3 Å². The summed E-state index contributed by atoms with van der Waals surface area (Å²) in [5.41, 5.74) is 7.73. The molecule has 0 aliphatic carbocycles. The van der Waals surface area contributed by atoms with Gasteiger partial charge in [0, 0.05) is 41.4 Å². The highest BCUT2D eigenvalue weighted by Crippen LogP contribution is 2.25. The van der Waals surface area contributed by atoms with Crippen LogP contribution in [0.1, 0.15) is 23.8 Å². The van der Waals surface area contributed by atoms with Crippen molar-refractivity contribution in [2.75, 3.05) is 18.8 Å². The van der Waals surface area contributed by atoms with Crippen LogP contribution in [-0.2, 0) is 16.1 Å². The van der Waals surface area contributed by atoms with Crippen molar-refractivity contribution in [1.82, 2.24) is 19.8 Å². The first-order valence-corrected chi connectivity index (χ1v) is 11.7. The van der Waals surface area contributed by atoms with Crippen molar-refractivity contribution in [2.24, 2.45) is 0 Å². The number of carbonyl (C=O) groups is 2. The first-order valence-electron chi connectivity index (χ1n) is 10.4. The minimum absolute atomic E-state index is 0.0919. The maximum atomic E-state index is 12.9. The van der Waals surface area contributed by atoms with Gasteiger partial charge < -0.3 is 15.4 Å². The predicted molar refractivity (Wildman–Crippen MR) is 128 cm³/mol. The zero-order valence-corrected chi connectivity index (χ0v) is 19.2. The number of aromatic nitrogens is 2. The number of hydrogen-bond donors (Lipinski definition) is 1. The minimum Gasteiger partial charge on any atom is -0.383 e. The summed E-state index contributed by atoms with van der Waals surface area (Å²) in [7, 11) is 0. The van der Waals surface area contributed by atoms with Crippen molar-refractivity contribution in [2.45, 2.75) is 32.0 Å². The quantitative estimate of drug-likeness (QED) is 0.437. The van der Waals surface area contributed by atoms with Gasteiger partial charge in [0.2, 0.25) is 5.91 Å². The standard InChI is InChI=1S/C23H24ClN5O2S/c1-2-20-21(12-30)28(11-15-3-5-18-19(9-15)26-14-27-23(18)25)7-8-29(20)22(31)6-4-17-10-16(24)13-32-17/h3-6,9-10,12-14,20-21H,2,7-8,11H2,1H3,(H2,25,26,27)/t20-,21?/m0/s1. The van der Waals surface area contributed by atoms with Gasteiger partial charge in [0.05, 0.1) is 22.6 Å². The number of nitrogen functional groups attached to an aromatic ring is 1. The topological polar surface area (TPSA) is 92.4 Å². The molecule has 1 aliphatic rings. The molecule has 3 heterocycles. The number of fused-ring (bicyclic) bond motifs is 1. The second kappa shape index (κ2) is 9.77. The highest BCUT2D eigenvalue weighted by Gasteiger charge is 2.37. The molecule has 1 aromatic carbocycles. The Labute approximate surface area is 195 Å². The summed E-state index contributed by atoms with van der Waals surface area (Å²) >= 11 is 7.44. The summed E-state index contributed by atoms with van der Waals surface area (Å²) in [6.07, 6.45) is 6.43. The Bertz CT molecular complexity index is 1160. The lowest BCUT2D eigenvalue weighted by Gasteiger charge is -2.45. The third kappa shape index (κ3) is 4.67. The van der Waals surface area contributed by atoms with Crippen molar-refractivity contribution in [1.29, 1.82) is 0 Å². The fourth-order valence-corrected chi connectivity index (χ4v) is 5.17. The largest absolute Gasteiger partial charge is 0.383 e. The normalized spacial score (nSPS) is 19.6. The van der Waals surface area contributed by atoms with E-state index >= 15 is 0 Å². The highest BCUT2D eigenvalue weighted by atomic mass is 35.5. The van der Waals surface area contributed by atoms with Crippen molar-refractivity contribution < 1.29 is 9.59 Å². The zero-order chi connectivity index (χ0) is 22.7. The molecule has 2 aromatic heterocycles. The van der Waals surface area contributed by atoms with E-state index in [-0.39, 0.29) is 18.0 Å². The molecular weight excluding hydrogens is 446 g/mol. The molecule has 1 aliphatic heterocycles. The van der Waals surface area contributed by atoms with Gasteiger partial charge in [-0.2, -0.15) is 0 Å². The molecule has 4 rings (SSSR count). The number of amides is 1. The number of nitrogens with zero attached hydrogens (tertiary/aromatic N) is 4. The summed E-state index contributed by atoms with van der Waals surface area (Å²) in [6.45, 7) is 3.75. The number of benzene rings is 1. The monoisotopic (exact) mass is 469 g/mol. The number of hydrogen-bond acceptors (Lipinski definition) is 7. The fraction of sp³-hybridized carbons (Fsp3) is 0.304. The Morgan fingerprint density at radius 1 is 1.31 bits per heavy atom. The molecule has 2 N–H and O–H groups in total. The summed E-state index contributed by atoms with van der Waals surface area (Å²) in [4.78, 5) is 38.2. The van der Waals surface area contributed by atoms with Crippen LogP contribution in [0.25, 0.3) is 17.0 Å². The zero-order valence-electron chi connectivity index (χ0n) is 17.6. The van der Waals surface area contributed by atoms with Gasteiger partial charge in [-0.25, -0.2) is 9.97 Å². The van der Waals surface area contributed by atoms with Crippen LogP contribution >= 0.6 is 22.9 Å². The molecule has 0 bridgehead atoms. The van der Waals surface area contributed by atoms with E-state index in [2.05, 4.69) is 14.9 Å². The maximum Gasteiger partial charge on any atom is 0.246 e. The number of piperazine rings is 1. The Morgan fingerprint density at radius 2 is 2.16 bits per heavy atom. The maximum absolute atomic E-state index is 12.9. The Kier molecular flexibility index (Phi) is 6.83. The number of thiophene rings is 1. The first kappa shape index (κ1) is 22.4. The van der Waals surface area contributed by atoms with Crippen LogP contribution in [0.3, 0.4) is 0 Å². The van der Waals surface area contributed by atoms with Gasteiger partial charge in [0.25, 0.3) is 0 Å². The molecule has 0 spiro atoms. The average Bonchev–Trinajstić information content (AvgIpc) is 3.22. The van der Waals surface area contributed by atoms with E-state index < -0.39 is 0 Å². The number of rotatable bonds is 6. The minimum atomic E-state index is -0.381. The van der Waals surface area contributed by atoms with E-state index in [4.69, 9.17) is 17.3 Å². The number of aldehydes is 1. The van der Waals surface area contributed by atoms with Crippen molar-refractivity contribution in [3.05, 3.63) is 57.5 Å². The van der Waals surface area contributed by atoms with E-state index in [0.717, 1.165) is 27.6 Å². The van der Waals surface area contributed by atoms with Gasteiger partial charge in [-0.15, -0.1) is 11.3 Å². The number of anilines is 1. The van der Waals surface area contributed by atoms with Crippen molar-refractivity contribution >= 4 is 57.9 Å². The molecule has 166 valence electrons. The summed E-state index contributed by atoms with van der Waals surface area (Å²) in [5.74, 6) is 0.356. The molecule has 7 nitrogen and oxygen atoms in total. The summed E-state index contributed by atoms with van der Waals surface area (Å²) < 4.78 is 0. The van der Waals surface area contributed by atoms with E-state index in [9.17, 15) is 9.59 Å². The molecule has 1 fully saturated rings. The van der Waals surface area contributed by atoms with Crippen LogP contribution < -0.4 is 5.73 Å². The highest BCUT2D eigenvalue weighted by molar-refractivity contribution is 7.11. The number of nitrogens with two attached hydrogens (primary N) is 1. The van der Waals surface area contributed by atoms with E-state index in [1.165, 1.54) is 17.7 Å². The van der Waals surface area contributed by atoms with Crippen LogP contribution in [0.2, 0.25) is 5.02 Å². The molecule has 32 heavy (non-hydrogen) atoms. The molecule has 1 saturated heterocycles. The third-order valence-corrected chi connectivity index (χ3v) is 7.03. The van der Waals surface area contributed by atoms with Crippen molar-refractivity contribution in [3.63, 3.8) is 0 Å².